The number of rotatable bonds is 1. The molecule has 0 radical (unpaired) electrons. The van der Waals surface area contributed by atoms with Crippen molar-refractivity contribution < 1.29 is 0 Å². The Labute approximate surface area is 79.8 Å². The van der Waals surface area contributed by atoms with E-state index in [2.05, 4.69) is 27.7 Å². The van der Waals surface area contributed by atoms with Crippen LogP contribution in [0.2, 0.25) is 0 Å². The molecule has 0 aromatic carbocycles. The van der Waals surface area contributed by atoms with Gasteiger partial charge in [0, 0.05) is 0 Å². The molecule has 0 aromatic heterocycles. The molecule has 1 saturated carbocycles. The van der Waals surface area contributed by atoms with Crippen LogP contribution in [0.25, 0.3) is 0 Å². The lowest BCUT2D eigenvalue weighted by Crippen LogP contribution is -2.04. The minimum Gasteiger partial charge on any atom is -0.0683 e. The summed E-state index contributed by atoms with van der Waals surface area (Å²) in [7, 11) is 0. The Bertz CT molecular complexity index is 56.4. The van der Waals surface area contributed by atoms with E-state index in [0.29, 0.717) is 0 Å². The van der Waals surface area contributed by atoms with E-state index >= 15 is 0 Å². The quantitative estimate of drug-likeness (QED) is 0.528. The van der Waals surface area contributed by atoms with Crippen LogP contribution in [0.3, 0.4) is 0 Å². The molecule has 76 valence electrons. The smallest absolute Gasteiger partial charge is 0.0443 e. The summed E-state index contributed by atoms with van der Waals surface area (Å²) in [6.07, 6.45) is 5.77. The third kappa shape index (κ3) is 12.7. The highest BCUT2D eigenvalue weighted by molar-refractivity contribution is 4.62. The minimum atomic E-state index is 0.884. The van der Waals surface area contributed by atoms with E-state index in [1.54, 1.807) is 0 Å². The average Bonchev–Trinajstić information content (AvgIpc) is 2.05. The summed E-state index contributed by atoms with van der Waals surface area (Å²) in [5, 5.41) is 0. The predicted octanol–water partition coefficient (Wildman–Crippen LogP) is 4.89. The van der Waals surface area contributed by atoms with Gasteiger partial charge in [0.05, 0.1) is 0 Å². The molecule has 1 rings (SSSR count). The fraction of sp³-hybridized carbons (Fsp3) is 1.00. The zero-order chi connectivity index (χ0) is 9.98. The SMILES string of the molecule is CC.CC1CCC1.CCC(C)C. The fourth-order valence-electron chi connectivity index (χ4n) is 0.612. The van der Waals surface area contributed by atoms with Crippen molar-refractivity contribution in [3.05, 3.63) is 0 Å². The highest BCUT2D eigenvalue weighted by atomic mass is 14.1. The third-order valence-corrected chi connectivity index (χ3v) is 2.21. The predicted molar refractivity (Wildman–Crippen MR) is 59.5 cm³/mol. The molecular formula is C12H28. The molecule has 0 heterocycles. The van der Waals surface area contributed by atoms with Crippen molar-refractivity contribution in [3.8, 4) is 0 Å². The summed E-state index contributed by atoms with van der Waals surface area (Å²) >= 11 is 0. The first-order valence-electron chi connectivity index (χ1n) is 5.66. The fourth-order valence-corrected chi connectivity index (χ4v) is 0.612. The third-order valence-electron chi connectivity index (χ3n) is 2.21. The summed E-state index contributed by atoms with van der Waals surface area (Å²) < 4.78 is 0. The maximum absolute atomic E-state index is 2.31. The van der Waals surface area contributed by atoms with Crippen LogP contribution in [-0.4, -0.2) is 0 Å². The average molecular weight is 172 g/mol. The molecule has 0 amide bonds. The Morgan fingerprint density at radius 3 is 1.42 bits per heavy atom. The van der Waals surface area contributed by atoms with Crippen LogP contribution in [0, 0.1) is 11.8 Å². The van der Waals surface area contributed by atoms with Gasteiger partial charge in [0.2, 0.25) is 0 Å². The standard InChI is InChI=1S/C5H10.C5H12.C2H6/c1-5-3-2-4-5;1-4-5(2)3;1-2/h5H,2-4H2,1H3;5H,4H2,1-3H3;1-2H3. The van der Waals surface area contributed by atoms with Crippen molar-refractivity contribution in [2.75, 3.05) is 0 Å². The first-order chi connectivity index (χ1) is 5.66. The van der Waals surface area contributed by atoms with E-state index in [1.807, 2.05) is 13.8 Å². The van der Waals surface area contributed by atoms with E-state index in [4.69, 9.17) is 0 Å². The zero-order valence-corrected chi connectivity index (χ0v) is 9.98. The zero-order valence-electron chi connectivity index (χ0n) is 9.98. The van der Waals surface area contributed by atoms with Crippen molar-refractivity contribution >= 4 is 0 Å². The van der Waals surface area contributed by atoms with Crippen molar-refractivity contribution in [2.24, 2.45) is 11.8 Å². The molecule has 0 heteroatoms. The van der Waals surface area contributed by atoms with Crippen molar-refractivity contribution in [3.63, 3.8) is 0 Å². The molecule has 0 bridgehead atoms. The van der Waals surface area contributed by atoms with Gasteiger partial charge in [0.25, 0.3) is 0 Å². The number of hydrogen-bond donors (Lipinski definition) is 0. The van der Waals surface area contributed by atoms with Crippen LogP contribution >= 0.6 is 0 Å². The Kier molecular flexibility index (Phi) is 13.3. The van der Waals surface area contributed by atoms with Crippen LogP contribution in [0.1, 0.15) is 67.2 Å². The van der Waals surface area contributed by atoms with E-state index in [0.717, 1.165) is 11.8 Å². The Hall–Kier alpha value is 0. The lowest BCUT2D eigenvalue weighted by Gasteiger charge is -2.18. The molecule has 1 aliphatic carbocycles. The van der Waals surface area contributed by atoms with Crippen molar-refractivity contribution in [1.29, 1.82) is 0 Å². The van der Waals surface area contributed by atoms with Crippen LogP contribution < -0.4 is 0 Å². The monoisotopic (exact) mass is 172 g/mol. The second kappa shape index (κ2) is 11.0. The lowest BCUT2D eigenvalue weighted by atomic mass is 9.88. The molecule has 1 aliphatic rings. The van der Waals surface area contributed by atoms with Crippen LogP contribution in [0.5, 0.6) is 0 Å². The van der Waals surface area contributed by atoms with Crippen LogP contribution in [0.15, 0.2) is 0 Å². The molecule has 0 aliphatic heterocycles. The Morgan fingerprint density at radius 1 is 1.17 bits per heavy atom. The highest BCUT2D eigenvalue weighted by Gasteiger charge is 2.09. The van der Waals surface area contributed by atoms with Crippen molar-refractivity contribution in [2.45, 2.75) is 67.2 Å². The van der Waals surface area contributed by atoms with Crippen LogP contribution in [0.4, 0.5) is 0 Å². The van der Waals surface area contributed by atoms with Crippen LogP contribution in [-0.2, 0) is 0 Å². The van der Waals surface area contributed by atoms with Gasteiger partial charge in [0.15, 0.2) is 0 Å². The molecule has 0 aromatic rings. The van der Waals surface area contributed by atoms with Crippen molar-refractivity contribution in [1.82, 2.24) is 0 Å². The van der Waals surface area contributed by atoms with Gasteiger partial charge in [-0.2, -0.15) is 0 Å². The van der Waals surface area contributed by atoms with Gasteiger partial charge in [-0.05, 0) is 11.8 Å². The summed E-state index contributed by atoms with van der Waals surface area (Å²) in [4.78, 5) is 0. The van der Waals surface area contributed by atoms with Gasteiger partial charge in [-0.15, -0.1) is 0 Å². The van der Waals surface area contributed by atoms with E-state index in [9.17, 15) is 0 Å². The highest BCUT2D eigenvalue weighted by Crippen LogP contribution is 2.24. The molecular weight excluding hydrogens is 144 g/mol. The molecule has 1 fully saturated rings. The second-order valence-electron chi connectivity index (χ2n) is 3.84. The molecule has 12 heavy (non-hydrogen) atoms. The molecule has 0 atom stereocenters. The summed E-state index contributed by atoms with van der Waals surface area (Å²) in [6.45, 7) is 13.0. The minimum absolute atomic E-state index is 0.884. The lowest BCUT2D eigenvalue weighted by molar-refractivity contribution is 0.346. The van der Waals surface area contributed by atoms with Gasteiger partial charge in [-0.25, -0.2) is 0 Å². The van der Waals surface area contributed by atoms with Gasteiger partial charge in [-0.3, -0.25) is 0 Å². The summed E-state index contributed by atoms with van der Waals surface area (Å²) in [5.74, 6) is 1.95. The molecule has 0 unspecified atom stereocenters. The second-order valence-corrected chi connectivity index (χ2v) is 3.84. The van der Waals surface area contributed by atoms with Gasteiger partial charge >= 0.3 is 0 Å². The van der Waals surface area contributed by atoms with Gasteiger partial charge < -0.3 is 0 Å². The first kappa shape index (κ1) is 14.5. The van der Waals surface area contributed by atoms with E-state index in [1.165, 1.54) is 25.7 Å². The molecule has 0 nitrogen and oxygen atoms in total. The Balaban J connectivity index is 0. The van der Waals surface area contributed by atoms with E-state index in [-0.39, 0.29) is 0 Å². The normalized spacial score (nSPS) is 15.2. The van der Waals surface area contributed by atoms with Gasteiger partial charge in [-0.1, -0.05) is 67.2 Å². The first-order valence-corrected chi connectivity index (χ1v) is 5.66. The van der Waals surface area contributed by atoms with E-state index < -0.39 is 0 Å². The molecule has 0 spiro atoms. The maximum Gasteiger partial charge on any atom is -0.0443 e. The Morgan fingerprint density at radius 2 is 1.42 bits per heavy atom. The largest absolute Gasteiger partial charge is 0.0683 e. The van der Waals surface area contributed by atoms with Gasteiger partial charge in [0.1, 0.15) is 0 Å². The molecule has 0 saturated heterocycles. The topological polar surface area (TPSA) is 0 Å². The number of hydrogen-bond acceptors (Lipinski definition) is 0. The maximum atomic E-state index is 2.31. The summed E-state index contributed by atoms with van der Waals surface area (Å²) in [5.41, 5.74) is 0. The summed E-state index contributed by atoms with van der Waals surface area (Å²) in [6, 6.07) is 0. The molecule has 0 N–H and O–H groups in total.